The highest BCUT2D eigenvalue weighted by molar-refractivity contribution is 5.73. The molecule has 10 heavy (non-hydrogen) atoms. The number of hydrogen-bond donors (Lipinski definition) is 3. The van der Waals surface area contributed by atoms with Crippen LogP contribution >= 0.6 is 0 Å². The number of carbonyl (C=O) groups is 1. The second kappa shape index (κ2) is 8.35. The van der Waals surface area contributed by atoms with Crippen molar-refractivity contribution in [1.29, 1.82) is 0 Å². The molecule has 0 rings (SSSR count). The number of aliphatic hydroxyl groups is 1. The first-order chi connectivity index (χ1) is 4.68. The third-order valence-electron chi connectivity index (χ3n) is 0.628. The third kappa shape index (κ3) is 7.35. The molecule has 1 unspecified atom stereocenters. The van der Waals surface area contributed by atoms with E-state index >= 15 is 0 Å². The summed E-state index contributed by atoms with van der Waals surface area (Å²) in [7, 11) is 0. The molecule has 5 heteroatoms. The molecule has 3 N–H and O–H groups in total. The van der Waals surface area contributed by atoms with Crippen molar-refractivity contribution in [2.75, 3.05) is 6.61 Å². The number of aliphatic hydroxyl groups excluding tert-OH is 1. The minimum absolute atomic E-state index is 0.323. The minimum atomic E-state index is -0.991. The van der Waals surface area contributed by atoms with E-state index in [0.717, 1.165) is 0 Å². The Morgan fingerprint density at radius 3 is 2.10 bits per heavy atom. The Bertz CT molecular complexity index is 80.1. The molecule has 0 bridgehead atoms. The highest BCUT2D eigenvalue weighted by Crippen LogP contribution is 1.84. The van der Waals surface area contributed by atoms with E-state index in [2.05, 4.69) is 4.74 Å². The van der Waals surface area contributed by atoms with Crippen LogP contribution < -0.4 is 0 Å². The van der Waals surface area contributed by atoms with Crippen molar-refractivity contribution in [3.05, 3.63) is 0 Å². The molecular formula is C5H12O5. The van der Waals surface area contributed by atoms with Gasteiger partial charge in [-0.2, -0.15) is 0 Å². The summed E-state index contributed by atoms with van der Waals surface area (Å²) < 4.78 is 4.41. The molecule has 1 atom stereocenters. The molecule has 0 aliphatic heterocycles. The normalized spacial score (nSPS) is 10.9. The van der Waals surface area contributed by atoms with Crippen molar-refractivity contribution in [2.45, 2.75) is 20.0 Å². The predicted octanol–water partition coefficient (Wildman–Crippen LogP) is -0.0523. The van der Waals surface area contributed by atoms with Crippen LogP contribution in [-0.2, 0) is 9.53 Å². The van der Waals surface area contributed by atoms with E-state index in [1.807, 2.05) is 0 Å². The molecule has 0 spiro atoms. The monoisotopic (exact) mass is 152 g/mol. The number of esters is 1. The van der Waals surface area contributed by atoms with Gasteiger partial charge in [-0.15, -0.1) is 0 Å². The molecule has 0 aliphatic rings. The molecule has 0 radical (unpaired) electrons. The molecule has 0 aromatic carbocycles. The van der Waals surface area contributed by atoms with Crippen molar-refractivity contribution < 1.29 is 25.2 Å². The average molecular weight is 152 g/mol. The molecule has 5 nitrogen and oxygen atoms in total. The van der Waals surface area contributed by atoms with Crippen LogP contribution in [0.4, 0.5) is 0 Å². The number of hydrogen-bond acceptors (Lipinski definition) is 5. The van der Waals surface area contributed by atoms with Gasteiger partial charge in [-0.3, -0.25) is 10.5 Å². The van der Waals surface area contributed by atoms with Crippen LogP contribution in [0.2, 0.25) is 0 Å². The summed E-state index contributed by atoms with van der Waals surface area (Å²) in [5.41, 5.74) is 0. The zero-order valence-electron chi connectivity index (χ0n) is 5.94. The Hall–Kier alpha value is -0.650. The van der Waals surface area contributed by atoms with Crippen molar-refractivity contribution in [2.24, 2.45) is 0 Å². The molecule has 0 aromatic heterocycles. The SMILES string of the molecule is CCOC(=O)C(C)O.OO. The standard InChI is InChI=1S/C5H10O3.H2O2/c1-3-8-5(7)4(2)6;1-2/h4,6H,3H2,1-2H3;1-2H. The fraction of sp³-hybridized carbons (Fsp3) is 0.800. The highest BCUT2D eigenvalue weighted by Gasteiger charge is 2.07. The van der Waals surface area contributed by atoms with Gasteiger partial charge in [0.25, 0.3) is 0 Å². The number of carbonyl (C=O) groups excluding carboxylic acids is 1. The second-order valence-electron chi connectivity index (χ2n) is 1.43. The summed E-state index contributed by atoms with van der Waals surface area (Å²) in [5.74, 6) is -0.562. The van der Waals surface area contributed by atoms with Crippen molar-refractivity contribution in [3.63, 3.8) is 0 Å². The van der Waals surface area contributed by atoms with Gasteiger partial charge >= 0.3 is 5.97 Å². The van der Waals surface area contributed by atoms with Crippen LogP contribution in [0.5, 0.6) is 0 Å². The predicted molar refractivity (Wildman–Crippen MR) is 33.6 cm³/mol. The summed E-state index contributed by atoms with van der Waals surface area (Å²) in [5, 5.41) is 20.5. The molecule has 0 heterocycles. The maximum absolute atomic E-state index is 10.3. The van der Waals surface area contributed by atoms with Gasteiger partial charge in [0.1, 0.15) is 6.10 Å². The summed E-state index contributed by atoms with van der Waals surface area (Å²) in [4.78, 5) is 10.3. The largest absolute Gasteiger partial charge is 0.464 e. The lowest BCUT2D eigenvalue weighted by Gasteiger charge is -2.01. The summed E-state index contributed by atoms with van der Waals surface area (Å²) in [6.45, 7) is 3.39. The number of ether oxygens (including phenoxy) is 1. The van der Waals surface area contributed by atoms with Crippen molar-refractivity contribution in [3.8, 4) is 0 Å². The summed E-state index contributed by atoms with van der Waals surface area (Å²) >= 11 is 0. The zero-order chi connectivity index (χ0) is 8.57. The van der Waals surface area contributed by atoms with Crippen LogP contribution in [0, 0.1) is 0 Å². The van der Waals surface area contributed by atoms with Crippen molar-refractivity contribution >= 4 is 5.97 Å². The molecule has 0 saturated carbocycles. The van der Waals surface area contributed by atoms with E-state index in [0.29, 0.717) is 6.61 Å². The zero-order valence-corrected chi connectivity index (χ0v) is 5.94. The Morgan fingerprint density at radius 2 is 2.00 bits per heavy atom. The second-order valence-corrected chi connectivity index (χ2v) is 1.43. The van der Waals surface area contributed by atoms with Crippen LogP contribution in [-0.4, -0.2) is 34.3 Å². The quantitative estimate of drug-likeness (QED) is 0.293. The lowest BCUT2D eigenvalue weighted by atomic mass is 10.4. The maximum Gasteiger partial charge on any atom is 0.334 e. The van der Waals surface area contributed by atoms with Gasteiger partial charge < -0.3 is 9.84 Å². The smallest absolute Gasteiger partial charge is 0.334 e. The maximum atomic E-state index is 10.3. The molecular weight excluding hydrogens is 140 g/mol. The van der Waals surface area contributed by atoms with Crippen LogP contribution in [0.15, 0.2) is 0 Å². The van der Waals surface area contributed by atoms with E-state index in [9.17, 15) is 4.79 Å². The molecule has 0 saturated heterocycles. The van der Waals surface area contributed by atoms with Gasteiger partial charge in [-0.1, -0.05) is 0 Å². The first kappa shape index (κ1) is 12.1. The van der Waals surface area contributed by atoms with Gasteiger partial charge in [0, 0.05) is 0 Å². The van der Waals surface area contributed by atoms with Gasteiger partial charge in [0.2, 0.25) is 0 Å². The van der Waals surface area contributed by atoms with E-state index in [1.165, 1.54) is 6.92 Å². The summed E-state index contributed by atoms with van der Waals surface area (Å²) in [6.07, 6.45) is -0.991. The van der Waals surface area contributed by atoms with Gasteiger partial charge in [-0.25, -0.2) is 4.79 Å². The molecule has 0 fully saturated rings. The Balaban J connectivity index is 0. The van der Waals surface area contributed by atoms with Crippen LogP contribution in [0.3, 0.4) is 0 Å². The van der Waals surface area contributed by atoms with E-state index in [4.69, 9.17) is 15.6 Å². The number of rotatable bonds is 2. The van der Waals surface area contributed by atoms with Crippen LogP contribution in [0.25, 0.3) is 0 Å². The van der Waals surface area contributed by atoms with Gasteiger partial charge in [-0.05, 0) is 13.8 Å². The van der Waals surface area contributed by atoms with Crippen molar-refractivity contribution in [1.82, 2.24) is 0 Å². The Labute approximate surface area is 58.8 Å². The first-order valence-electron chi connectivity index (χ1n) is 2.73. The Morgan fingerprint density at radius 1 is 1.60 bits per heavy atom. The average Bonchev–Trinajstić information content (AvgIpc) is 1.93. The molecule has 0 aliphatic carbocycles. The van der Waals surface area contributed by atoms with E-state index in [-0.39, 0.29) is 0 Å². The fourth-order valence-electron chi connectivity index (χ4n) is 0.263. The topological polar surface area (TPSA) is 87.0 Å². The van der Waals surface area contributed by atoms with Gasteiger partial charge in [0.05, 0.1) is 6.61 Å². The van der Waals surface area contributed by atoms with E-state index < -0.39 is 12.1 Å². The molecule has 62 valence electrons. The fourth-order valence-corrected chi connectivity index (χ4v) is 0.263. The van der Waals surface area contributed by atoms with Gasteiger partial charge in [0.15, 0.2) is 0 Å². The summed E-state index contributed by atoms with van der Waals surface area (Å²) in [6, 6.07) is 0. The highest BCUT2D eigenvalue weighted by atomic mass is 17.0. The molecule has 0 aromatic rings. The van der Waals surface area contributed by atoms with Crippen LogP contribution in [0.1, 0.15) is 13.8 Å². The minimum Gasteiger partial charge on any atom is -0.464 e. The lowest BCUT2D eigenvalue weighted by Crippen LogP contribution is -2.18. The third-order valence-corrected chi connectivity index (χ3v) is 0.628. The van der Waals surface area contributed by atoms with E-state index in [1.54, 1.807) is 6.92 Å². The lowest BCUT2D eigenvalue weighted by molar-refractivity contribution is -0.176. The molecule has 0 amide bonds. The first-order valence-corrected chi connectivity index (χ1v) is 2.73. The Kier molecular flexibility index (Phi) is 10.1.